The minimum Gasteiger partial charge on any atom is -0.457 e. The quantitative estimate of drug-likeness (QED) is 0.549. The summed E-state index contributed by atoms with van der Waals surface area (Å²) >= 11 is 0. The molecule has 5 heteroatoms. The normalized spacial score (nSPS) is 10.6. The van der Waals surface area contributed by atoms with Crippen LogP contribution in [-0.2, 0) is 17.8 Å². The molecule has 1 amide bonds. The number of nitrogens with zero attached hydrogens (tertiary/aromatic N) is 1. The number of aryl methyl sites for hydroxylation is 2. The monoisotopic (exact) mass is 390 g/mol. The first-order chi connectivity index (χ1) is 14.1. The van der Waals surface area contributed by atoms with E-state index in [2.05, 4.69) is 23.3 Å². The number of hydrogen-bond donors (Lipinski definition) is 1. The van der Waals surface area contributed by atoms with Crippen LogP contribution in [0.1, 0.15) is 40.7 Å². The summed E-state index contributed by atoms with van der Waals surface area (Å²) in [5.74, 6) is 1.40. The van der Waals surface area contributed by atoms with E-state index in [1.807, 2.05) is 49.4 Å². The lowest BCUT2D eigenvalue weighted by molar-refractivity contribution is 0.102. The summed E-state index contributed by atoms with van der Waals surface area (Å²) in [5, 5.41) is 2.91. The SMILES string of the molecule is CCCc1ccccc1Oc1ccc(NC(=O)c2ccc(COC)nc2C)cc1. The minimum absolute atomic E-state index is 0.194. The van der Waals surface area contributed by atoms with Gasteiger partial charge in [-0.3, -0.25) is 9.78 Å². The van der Waals surface area contributed by atoms with Gasteiger partial charge in [-0.25, -0.2) is 0 Å². The second-order valence-electron chi connectivity index (χ2n) is 6.81. The van der Waals surface area contributed by atoms with E-state index in [0.717, 1.165) is 30.0 Å². The molecule has 0 unspecified atom stereocenters. The third kappa shape index (κ3) is 5.42. The Bertz CT molecular complexity index is 968. The highest BCUT2D eigenvalue weighted by atomic mass is 16.5. The molecule has 150 valence electrons. The van der Waals surface area contributed by atoms with E-state index in [4.69, 9.17) is 9.47 Å². The molecular formula is C24H26N2O3. The molecule has 0 bridgehead atoms. The number of aromatic nitrogens is 1. The van der Waals surface area contributed by atoms with Crippen molar-refractivity contribution in [3.05, 3.63) is 83.2 Å². The molecule has 0 radical (unpaired) electrons. The number of ether oxygens (including phenoxy) is 2. The van der Waals surface area contributed by atoms with Gasteiger partial charge in [0.15, 0.2) is 0 Å². The molecule has 3 rings (SSSR count). The predicted molar refractivity (Wildman–Crippen MR) is 115 cm³/mol. The van der Waals surface area contributed by atoms with Crippen molar-refractivity contribution >= 4 is 11.6 Å². The Balaban J connectivity index is 1.67. The van der Waals surface area contributed by atoms with Crippen LogP contribution in [0.25, 0.3) is 0 Å². The van der Waals surface area contributed by atoms with Gasteiger partial charge in [0.2, 0.25) is 0 Å². The lowest BCUT2D eigenvalue weighted by Gasteiger charge is -2.12. The van der Waals surface area contributed by atoms with Crippen molar-refractivity contribution in [2.24, 2.45) is 0 Å². The molecular weight excluding hydrogens is 364 g/mol. The van der Waals surface area contributed by atoms with Gasteiger partial charge in [-0.15, -0.1) is 0 Å². The van der Waals surface area contributed by atoms with Gasteiger partial charge in [-0.05, 0) is 61.4 Å². The standard InChI is InChI=1S/C24H26N2O3/c1-4-7-18-8-5-6-9-23(18)29-21-13-10-19(11-14-21)26-24(27)22-15-12-20(16-28-3)25-17(22)2/h5-6,8-15H,4,7,16H2,1-3H3,(H,26,27). The van der Waals surface area contributed by atoms with Crippen molar-refractivity contribution < 1.29 is 14.3 Å². The molecule has 0 saturated heterocycles. The zero-order chi connectivity index (χ0) is 20.6. The van der Waals surface area contributed by atoms with Crippen molar-refractivity contribution in [3.8, 4) is 11.5 Å². The Morgan fingerprint density at radius 2 is 1.79 bits per heavy atom. The largest absolute Gasteiger partial charge is 0.457 e. The molecule has 0 aliphatic rings. The zero-order valence-corrected chi connectivity index (χ0v) is 17.1. The molecule has 29 heavy (non-hydrogen) atoms. The van der Waals surface area contributed by atoms with Crippen molar-refractivity contribution in [2.75, 3.05) is 12.4 Å². The summed E-state index contributed by atoms with van der Waals surface area (Å²) in [6, 6.07) is 19.0. The Morgan fingerprint density at radius 1 is 1.03 bits per heavy atom. The number of amides is 1. The van der Waals surface area contributed by atoms with E-state index in [1.165, 1.54) is 5.56 Å². The molecule has 1 N–H and O–H groups in total. The second-order valence-corrected chi connectivity index (χ2v) is 6.81. The highest BCUT2D eigenvalue weighted by Gasteiger charge is 2.11. The number of anilines is 1. The van der Waals surface area contributed by atoms with Gasteiger partial charge >= 0.3 is 0 Å². The molecule has 0 saturated carbocycles. The van der Waals surface area contributed by atoms with Crippen LogP contribution in [0.4, 0.5) is 5.69 Å². The maximum Gasteiger partial charge on any atom is 0.257 e. The number of para-hydroxylation sites is 1. The van der Waals surface area contributed by atoms with Gasteiger partial charge in [-0.2, -0.15) is 0 Å². The van der Waals surface area contributed by atoms with Crippen LogP contribution in [-0.4, -0.2) is 18.0 Å². The summed E-state index contributed by atoms with van der Waals surface area (Å²) in [4.78, 5) is 17.0. The van der Waals surface area contributed by atoms with E-state index >= 15 is 0 Å². The number of methoxy groups -OCH3 is 1. The fourth-order valence-corrected chi connectivity index (χ4v) is 3.09. The fourth-order valence-electron chi connectivity index (χ4n) is 3.09. The molecule has 0 aliphatic carbocycles. The van der Waals surface area contributed by atoms with Gasteiger partial charge in [-0.1, -0.05) is 31.5 Å². The van der Waals surface area contributed by atoms with Crippen molar-refractivity contribution in [2.45, 2.75) is 33.3 Å². The van der Waals surface area contributed by atoms with Crippen LogP contribution in [0.15, 0.2) is 60.7 Å². The van der Waals surface area contributed by atoms with E-state index in [9.17, 15) is 4.79 Å². The minimum atomic E-state index is -0.194. The van der Waals surface area contributed by atoms with Crippen LogP contribution < -0.4 is 10.1 Å². The average molecular weight is 390 g/mol. The van der Waals surface area contributed by atoms with E-state index in [-0.39, 0.29) is 5.91 Å². The van der Waals surface area contributed by atoms with Crippen LogP contribution in [0.2, 0.25) is 0 Å². The lowest BCUT2D eigenvalue weighted by Crippen LogP contribution is -2.14. The fraction of sp³-hybridized carbons (Fsp3) is 0.250. The Hall–Kier alpha value is -3.18. The third-order valence-electron chi connectivity index (χ3n) is 4.51. The van der Waals surface area contributed by atoms with Crippen molar-refractivity contribution in [1.29, 1.82) is 0 Å². The third-order valence-corrected chi connectivity index (χ3v) is 4.51. The van der Waals surface area contributed by atoms with Gasteiger partial charge in [0.05, 0.1) is 23.6 Å². The summed E-state index contributed by atoms with van der Waals surface area (Å²) in [6.07, 6.45) is 2.03. The molecule has 0 fully saturated rings. The molecule has 0 atom stereocenters. The number of benzene rings is 2. The molecule has 1 aromatic heterocycles. The first kappa shape index (κ1) is 20.6. The van der Waals surface area contributed by atoms with E-state index in [1.54, 1.807) is 19.2 Å². The molecule has 1 heterocycles. The van der Waals surface area contributed by atoms with Crippen LogP contribution in [0.3, 0.4) is 0 Å². The van der Waals surface area contributed by atoms with E-state index < -0.39 is 0 Å². The Labute approximate surface area is 171 Å². The van der Waals surface area contributed by atoms with Crippen molar-refractivity contribution in [1.82, 2.24) is 4.98 Å². The molecule has 3 aromatic rings. The predicted octanol–water partition coefficient (Wildman–Crippen LogP) is 5.53. The molecule has 0 aliphatic heterocycles. The number of hydrogen-bond acceptors (Lipinski definition) is 4. The lowest BCUT2D eigenvalue weighted by atomic mass is 10.1. The summed E-state index contributed by atoms with van der Waals surface area (Å²) in [5.41, 5.74) is 3.89. The highest BCUT2D eigenvalue weighted by molar-refractivity contribution is 6.05. The van der Waals surface area contributed by atoms with Crippen LogP contribution >= 0.6 is 0 Å². The molecule has 5 nitrogen and oxygen atoms in total. The molecule has 0 spiro atoms. The van der Waals surface area contributed by atoms with Crippen LogP contribution in [0.5, 0.6) is 11.5 Å². The second kappa shape index (κ2) is 9.85. The first-order valence-corrected chi connectivity index (χ1v) is 9.73. The van der Waals surface area contributed by atoms with Gasteiger partial charge < -0.3 is 14.8 Å². The van der Waals surface area contributed by atoms with Crippen LogP contribution in [0, 0.1) is 6.92 Å². The summed E-state index contributed by atoms with van der Waals surface area (Å²) in [6.45, 7) is 4.39. The van der Waals surface area contributed by atoms with Gasteiger partial charge in [0.1, 0.15) is 11.5 Å². The topological polar surface area (TPSA) is 60.5 Å². The maximum absolute atomic E-state index is 12.6. The Kier molecular flexibility index (Phi) is 6.98. The number of rotatable bonds is 8. The number of pyridine rings is 1. The summed E-state index contributed by atoms with van der Waals surface area (Å²) < 4.78 is 11.1. The number of carbonyl (C=O) groups excluding carboxylic acids is 1. The average Bonchev–Trinajstić information content (AvgIpc) is 2.71. The van der Waals surface area contributed by atoms with Crippen molar-refractivity contribution in [3.63, 3.8) is 0 Å². The smallest absolute Gasteiger partial charge is 0.257 e. The van der Waals surface area contributed by atoms with Gasteiger partial charge in [0.25, 0.3) is 5.91 Å². The van der Waals surface area contributed by atoms with Gasteiger partial charge in [0, 0.05) is 12.8 Å². The number of nitrogens with one attached hydrogen (secondary N) is 1. The number of carbonyl (C=O) groups is 1. The highest BCUT2D eigenvalue weighted by Crippen LogP contribution is 2.27. The van der Waals surface area contributed by atoms with E-state index in [0.29, 0.717) is 23.6 Å². The molecule has 2 aromatic carbocycles. The Morgan fingerprint density at radius 3 is 2.48 bits per heavy atom. The summed E-state index contributed by atoms with van der Waals surface area (Å²) in [7, 11) is 1.62. The maximum atomic E-state index is 12.6. The first-order valence-electron chi connectivity index (χ1n) is 9.73. The zero-order valence-electron chi connectivity index (χ0n) is 17.1.